The van der Waals surface area contributed by atoms with Crippen LogP contribution < -0.4 is 5.32 Å². The highest BCUT2D eigenvalue weighted by atomic mass is 16.5. The average Bonchev–Trinajstić information content (AvgIpc) is 3.13. The van der Waals surface area contributed by atoms with Gasteiger partial charge in [0.1, 0.15) is 12.6 Å². The van der Waals surface area contributed by atoms with Crippen LogP contribution in [0.5, 0.6) is 0 Å². The Morgan fingerprint density at radius 3 is 2.21 bits per heavy atom. The lowest BCUT2D eigenvalue weighted by Crippen LogP contribution is -2.51. The van der Waals surface area contributed by atoms with Gasteiger partial charge in [-0.2, -0.15) is 0 Å². The average molecular weight is 455 g/mol. The number of alkyl carbamates (subject to hydrolysis) is 1. The van der Waals surface area contributed by atoms with Crippen molar-refractivity contribution >= 4 is 18.0 Å². The molecule has 0 fully saturated rings. The summed E-state index contributed by atoms with van der Waals surface area (Å²) in [6, 6.07) is 15.2. The fourth-order valence-electron chi connectivity index (χ4n) is 4.19. The number of amides is 2. The van der Waals surface area contributed by atoms with Gasteiger partial charge < -0.3 is 24.8 Å². The highest BCUT2D eigenvalue weighted by Crippen LogP contribution is 2.44. The number of aliphatic carboxylic acids is 1. The van der Waals surface area contributed by atoms with Gasteiger partial charge in [-0.25, -0.2) is 4.79 Å². The number of likely N-dealkylation sites (N-methyl/N-ethyl adjacent to an activating group) is 1. The van der Waals surface area contributed by atoms with Gasteiger partial charge in [-0.15, -0.1) is 0 Å². The van der Waals surface area contributed by atoms with Crippen molar-refractivity contribution in [2.24, 2.45) is 0 Å². The Labute approximate surface area is 193 Å². The van der Waals surface area contributed by atoms with E-state index in [1.807, 2.05) is 36.4 Å². The van der Waals surface area contributed by atoms with E-state index in [9.17, 15) is 14.4 Å². The monoisotopic (exact) mass is 454 g/mol. The van der Waals surface area contributed by atoms with Gasteiger partial charge >= 0.3 is 12.1 Å². The molecular weight excluding hydrogens is 424 g/mol. The smallest absolute Gasteiger partial charge is 0.407 e. The molecule has 0 bridgehead atoms. The Morgan fingerprint density at radius 2 is 1.67 bits per heavy atom. The molecule has 1 aliphatic rings. The lowest BCUT2D eigenvalue weighted by atomic mass is 9.98. The number of hydrogen-bond donors (Lipinski definition) is 2. The Balaban J connectivity index is 1.62. The molecule has 0 saturated carbocycles. The molecule has 2 aromatic carbocycles. The summed E-state index contributed by atoms with van der Waals surface area (Å²) in [6.07, 6.45) is -0.396. The predicted molar refractivity (Wildman–Crippen MR) is 123 cm³/mol. The molecule has 0 aromatic heterocycles. The van der Waals surface area contributed by atoms with Crippen molar-refractivity contribution in [3.8, 4) is 11.1 Å². The lowest BCUT2D eigenvalue weighted by molar-refractivity contribution is -0.138. The third-order valence-electron chi connectivity index (χ3n) is 5.78. The van der Waals surface area contributed by atoms with Crippen LogP contribution in [0.1, 0.15) is 36.8 Å². The number of benzene rings is 2. The fourth-order valence-corrected chi connectivity index (χ4v) is 4.19. The number of hydrogen-bond acceptors (Lipinski definition) is 5. The van der Waals surface area contributed by atoms with Crippen molar-refractivity contribution in [3.63, 3.8) is 0 Å². The molecule has 33 heavy (non-hydrogen) atoms. The zero-order valence-corrected chi connectivity index (χ0v) is 19.0. The van der Waals surface area contributed by atoms with E-state index in [1.165, 1.54) is 12.0 Å². The van der Waals surface area contributed by atoms with Gasteiger partial charge in [0, 0.05) is 32.5 Å². The summed E-state index contributed by atoms with van der Waals surface area (Å²) < 4.78 is 10.7. The van der Waals surface area contributed by atoms with Crippen LogP contribution in [0.25, 0.3) is 11.1 Å². The highest BCUT2D eigenvalue weighted by molar-refractivity contribution is 5.86. The maximum absolute atomic E-state index is 12.9. The SMILES string of the molecule is CCN(CCCC(=O)O)C(=O)C(COC)NC(=O)OCC1c2ccccc2-c2ccccc21. The van der Waals surface area contributed by atoms with E-state index in [0.717, 1.165) is 22.3 Å². The van der Waals surface area contributed by atoms with Crippen molar-refractivity contribution in [2.45, 2.75) is 31.7 Å². The van der Waals surface area contributed by atoms with Crippen molar-refractivity contribution in [1.29, 1.82) is 0 Å². The Hall–Kier alpha value is -3.39. The summed E-state index contributed by atoms with van der Waals surface area (Å²) in [5, 5.41) is 11.4. The van der Waals surface area contributed by atoms with Gasteiger partial charge in [0.25, 0.3) is 0 Å². The van der Waals surface area contributed by atoms with Crippen molar-refractivity contribution in [3.05, 3.63) is 59.7 Å². The maximum Gasteiger partial charge on any atom is 0.407 e. The standard InChI is InChI=1S/C25H30N2O6/c1-3-27(14-8-13-23(28)29)24(30)22(16-32-2)26-25(31)33-15-21-19-11-6-4-9-17(19)18-10-5-7-12-20(18)21/h4-7,9-12,21-22H,3,8,13-16H2,1-2H3,(H,26,31)(H,28,29). The first-order chi connectivity index (χ1) is 16.0. The zero-order valence-electron chi connectivity index (χ0n) is 19.0. The number of ether oxygens (including phenoxy) is 2. The van der Waals surface area contributed by atoms with E-state index >= 15 is 0 Å². The van der Waals surface area contributed by atoms with Crippen LogP contribution in [0.3, 0.4) is 0 Å². The molecule has 0 spiro atoms. The van der Waals surface area contributed by atoms with Crippen molar-refractivity contribution in [2.75, 3.05) is 33.4 Å². The molecule has 0 heterocycles. The predicted octanol–water partition coefficient (Wildman–Crippen LogP) is 3.25. The van der Waals surface area contributed by atoms with Crippen LogP contribution in [-0.4, -0.2) is 67.4 Å². The highest BCUT2D eigenvalue weighted by Gasteiger charge is 2.30. The molecule has 8 nitrogen and oxygen atoms in total. The van der Waals surface area contributed by atoms with Gasteiger partial charge in [-0.05, 0) is 35.6 Å². The van der Waals surface area contributed by atoms with E-state index < -0.39 is 18.1 Å². The first-order valence-electron chi connectivity index (χ1n) is 11.1. The van der Waals surface area contributed by atoms with E-state index in [2.05, 4.69) is 17.4 Å². The summed E-state index contributed by atoms with van der Waals surface area (Å²) in [7, 11) is 1.44. The summed E-state index contributed by atoms with van der Waals surface area (Å²) in [4.78, 5) is 37.8. The van der Waals surface area contributed by atoms with Crippen molar-refractivity contribution < 1.29 is 29.0 Å². The molecule has 8 heteroatoms. The molecule has 176 valence electrons. The minimum absolute atomic E-state index is 0.0154. The number of carboxylic acid groups (broad SMARTS) is 1. The second-order valence-corrected chi connectivity index (χ2v) is 7.89. The first-order valence-corrected chi connectivity index (χ1v) is 11.1. The van der Waals surface area contributed by atoms with Crippen LogP contribution in [0.15, 0.2) is 48.5 Å². The van der Waals surface area contributed by atoms with Gasteiger partial charge in [-0.3, -0.25) is 9.59 Å². The number of carbonyl (C=O) groups is 3. The zero-order chi connectivity index (χ0) is 23.8. The number of fused-ring (bicyclic) bond motifs is 3. The topological polar surface area (TPSA) is 105 Å². The molecule has 0 aliphatic heterocycles. The van der Waals surface area contributed by atoms with E-state index in [0.29, 0.717) is 13.0 Å². The third kappa shape index (κ3) is 5.90. The Bertz CT molecular complexity index is 947. The quantitative estimate of drug-likeness (QED) is 0.540. The summed E-state index contributed by atoms with van der Waals surface area (Å²) in [5.74, 6) is -1.33. The number of rotatable bonds is 11. The summed E-state index contributed by atoms with van der Waals surface area (Å²) in [5.41, 5.74) is 4.47. The van der Waals surface area contributed by atoms with Crippen LogP contribution >= 0.6 is 0 Å². The number of carbonyl (C=O) groups excluding carboxylic acids is 2. The first kappa shape index (κ1) is 24.3. The van der Waals surface area contributed by atoms with Gasteiger partial charge in [0.2, 0.25) is 5.91 Å². The molecular formula is C25H30N2O6. The largest absolute Gasteiger partial charge is 0.481 e. The fraction of sp³-hybridized carbons (Fsp3) is 0.400. The molecule has 2 amide bonds. The number of nitrogens with zero attached hydrogens (tertiary/aromatic N) is 1. The molecule has 2 N–H and O–H groups in total. The minimum atomic E-state index is -0.921. The number of carboxylic acids is 1. The minimum Gasteiger partial charge on any atom is -0.481 e. The Morgan fingerprint density at radius 1 is 1.06 bits per heavy atom. The number of nitrogens with one attached hydrogen (secondary N) is 1. The summed E-state index contributed by atoms with van der Waals surface area (Å²) >= 11 is 0. The third-order valence-corrected chi connectivity index (χ3v) is 5.78. The second kappa shape index (κ2) is 11.5. The molecule has 1 aliphatic carbocycles. The maximum atomic E-state index is 12.9. The second-order valence-electron chi connectivity index (χ2n) is 7.89. The van der Waals surface area contributed by atoms with Crippen LogP contribution in [0.2, 0.25) is 0 Å². The van der Waals surface area contributed by atoms with Crippen LogP contribution in [0.4, 0.5) is 4.79 Å². The van der Waals surface area contributed by atoms with Gasteiger partial charge in [0.15, 0.2) is 0 Å². The molecule has 1 atom stereocenters. The van der Waals surface area contributed by atoms with Gasteiger partial charge in [-0.1, -0.05) is 48.5 Å². The lowest BCUT2D eigenvalue weighted by Gasteiger charge is -2.26. The van der Waals surface area contributed by atoms with E-state index in [-0.39, 0.29) is 38.0 Å². The van der Waals surface area contributed by atoms with Crippen LogP contribution in [0, 0.1) is 0 Å². The molecule has 1 unspecified atom stereocenters. The van der Waals surface area contributed by atoms with E-state index in [1.54, 1.807) is 6.92 Å². The summed E-state index contributed by atoms with van der Waals surface area (Å²) in [6.45, 7) is 2.61. The molecule has 0 radical (unpaired) electrons. The Kier molecular flexibility index (Phi) is 8.43. The van der Waals surface area contributed by atoms with E-state index in [4.69, 9.17) is 14.6 Å². The molecule has 2 aromatic rings. The van der Waals surface area contributed by atoms with Gasteiger partial charge in [0.05, 0.1) is 6.61 Å². The molecule has 3 rings (SSSR count). The number of methoxy groups -OCH3 is 1. The molecule has 0 saturated heterocycles. The van der Waals surface area contributed by atoms with Crippen LogP contribution in [-0.2, 0) is 19.1 Å². The van der Waals surface area contributed by atoms with Crippen molar-refractivity contribution in [1.82, 2.24) is 10.2 Å². The normalized spacial score (nSPS) is 13.0.